The second-order valence-corrected chi connectivity index (χ2v) is 4.34. The van der Waals surface area contributed by atoms with Gasteiger partial charge in [0.15, 0.2) is 0 Å². The van der Waals surface area contributed by atoms with Gasteiger partial charge in [0.1, 0.15) is 0 Å². The van der Waals surface area contributed by atoms with Gasteiger partial charge in [-0.25, -0.2) is 0 Å². The van der Waals surface area contributed by atoms with Crippen LogP contribution in [0.2, 0.25) is 5.02 Å². The van der Waals surface area contributed by atoms with Gasteiger partial charge >= 0.3 is 5.97 Å². The van der Waals surface area contributed by atoms with E-state index < -0.39 is 0 Å². The predicted molar refractivity (Wildman–Crippen MR) is 75.3 cm³/mol. The second-order valence-electron chi connectivity index (χ2n) is 3.90. The van der Waals surface area contributed by atoms with Crippen LogP contribution in [0.15, 0.2) is 24.3 Å². The number of hydrogen-bond donors (Lipinski definition) is 0. The lowest BCUT2D eigenvalue weighted by Gasteiger charge is -2.16. The number of benzene rings is 1. The van der Waals surface area contributed by atoms with Crippen LogP contribution in [0.25, 0.3) is 0 Å². The fraction of sp³-hybridized carbons (Fsp3) is 0.429. The van der Waals surface area contributed by atoms with Crippen molar-refractivity contribution in [3.63, 3.8) is 0 Å². The number of amides is 1. The Balaban J connectivity index is 0.000000861. The Morgan fingerprint density at radius 2 is 1.89 bits per heavy atom. The molecule has 4 nitrogen and oxygen atoms in total. The fourth-order valence-electron chi connectivity index (χ4n) is 1.90. The van der Waals surface area contributed by atoms with Crippen LogP contribution in [0.5, 0.6) is 0 Å². The van der Waals surface area contributed by atoms with Gasteiger partial charge in [-0.3, -0.25) is 9.59 Å². The van der Waals surface area contributed by atoms with E-state index in [0.29, 0.717) is 11.6 Å². The molecule has 19 heavy (non-hydrogen) atoms. The molecule has 0 bridgehead atoms. The van der Waals surface area contributed by atoms with Gasteiger partial charge in [-0.1, -0.05) is 25.4 Å². The molecule has 1 aliphatic rings. The van der Waals surface area contributed by atoms with Crippen LogP contribution in [-0.4, -0.2) is 25.5 Å². The summed E-state index contributed by atoms with van der Waals surface area (Å²) in [6, 6.07) is 6.96. The number of esters is 1. The molecular weight excluding hydrogens is 266 g/mol. The molecule has 0 radical (unpaired) electrons. The third kappa shape index (κ3) is 3.70. The van der Waals surface area contributed by atoms with Crippen molar-refractivity contribution in [3.8, 4) is 0 Å². The van der Waals surface area contributed by atoms with Crippen molar-refractivity contribution in [3.05, 3.63) is 29.3 Å². The van der Waals surface area contributed by atoms with Gasteiger partial charge in [-0.05, 0) is 24.3 Å². The van der Waals surface area contributed by atoms with Gasteiger partial charge in [-0.15, -0.1) is 0 Å². The summed E-state index contributed by atoms with van der Waals surface area (Å²) in [5.41, 5.74) is 0.755. The topological polar surface area (TPSA) is 46.6 Å². The molecule has 1 amide bonds. The highest BCUT2D eigenvalue weighted by atomic mass is 35.5. The number of hydrogen-bond acceptors (Lipinski definition) is 3. The van der Waals surface area contributed by atoms with E-state index in [0.717, 1.165) is 5.69 Å². The maximum absolute atomic E-state index is 11.8. The number of nitrogens with zero attached hydrogens (tertiary/aromatic N) is 1. The zero-order valence-corrected chi connectivity index (χ0v) is 12.1. The van der Waals surface area contributed by atoms with Crippen molar-refractivity contribution in [2.75, 3.05) is 18.6 Å². The number of carbonyl (C=O) groups is 2. The molecule has 1 aromatic rings. The van der Waals surface area contributed by atoms with Crippen LogP contribution in [0.3, 0.4) is 0 Å². The molecule has 5 heteroatoms. The minimum absolute atomic E-state index is 0.0669. The highest BCUT2D eigenvalue weighted by molar-refractivity contribution is 6.30. The van der Waals surface area contributed by atoms with Crippen molar-refractivity contribution in [2.45, 2.75) is 20.3 Å². The molecule has 1 atom stereocenters. The first-order chi connectivity index (χ1) is 9.11. The summed E-state index contributed by atoms with van der Waals surface area (Å²) < 4.78 is 4.65. The lowest BCUT2D eigenvalue weighted by Crippen LogP contribution is -2.26. The Kier molecular flexibility index (Phi) is 5.83. The zero-order valence-electron chi connectivity index (χ0n) is 11.4. The van der Waals surface area contributed by atoms with E-state index in [-0.39, 0.29) is 24.2 Å². The van der Waals surface area contributed by atoms with Gasteiger partial charge in [0.05, 0.1) is 13.0 Å². The normalized spacial score (nSPS) is 17.8. The summed E-state index contributed by atoms with van der Waals surface area (Å²) in [7, 11) is 1.33. The number of methoxy groups -OCH3 is 1. The fourth-order valence-corrected chi connectivity index (χ4v) is 2.03. The first-order valence-electron chi connectivity index (χ1n) is 6.25. The summed E-state index contributed by atoms with van der Waals surface area (Å²) in [5.74, 6) is -0.777. The van der Waals surface area contributed by atoms with Crippen molar-refractivity contribution in [1.29, 1.82) is 0 Å². The lowest BCUT2D eigenvalue weighted by atomic mass is 10.1. The highest BCUT2D eigenvalue weighted by Gasteiger charge is 2.35. The van der Waals surface area contributed by atoms with Crippen molar-refractivity contribution < 1.29 is 14.3 Å². The van der Waals surface area contributed by atoms with Crippen LogP contribution >= 0.6 is 11.6 Å². The van der Waals surface area contributed by atoms with Crippen LogP contribution in [0.4, 0.5) is 5.69 Å². The molecular formula is C14H18ClNO3. The smallest absolute Gasteiger partial charge is 0.311 e. The first kappa shape index (κ1) is 15.5. The predicted octanol–water partition coefficient (Wildman–Crippen LogP) is 2.89. The number of halogens is 1. The minimum Gasteiger partial charge on any atom is -0.469 e. The van der Waals surface area contributed by atoms with Crippen molar-refractivity contribution in [2.24, 2.45) is 5.92 Å². The molecule has 1 aromatic carbocycles. The van der Waals surface area contributed by atoms with E-state index in [2.05, 4.69) is 4.74 Å². The molecule has 0 spiro atoms. The van der Waals surface area contributed by atoms with Gasteiger partial charge in [0.25, 0.3) is 0 Å². The third-order valence-electron chi connectivity index (χ3n) is 2.80. The molecule has 1 fully saturated rings. The summed E-state index contributed by atoms with van der Waals surface area (Å²) in [6.45, 7) is 4.37. The van der Waals surface area contributed by atoms with Crippen molar-refractivity contribution in [1.82, 2.24) is 0 Å². The Morgan fingerprint density at radius 3 is 2.42 bits per heavy atom. The van der Waals surface area contributed by atoms with Gasteiger partial charge in [-0.2, -0.15) is 0 Å². The molecule has 0 aromatic heterocycles. The van der Waals surface area contributed by atoms with Gasteiger partial charge in [0, 0.05) is 23.7 Å². The van der Waals surface area contributed by atoms with E-state index >= 15 is 0 Å². The summed E-state index contributed by atoms with van der Waals surface area (Å²) >= 11 is 5.78. The van der Waals surface area contributed by atoms with E-state index in [1.807, 2.05) is 13.8 Å². The van der Waals surface area contributed by atoms with E-state index in [4.69, 9.17) is 11.6 Å². The maximum atomic E-state index is 11.8. The zero-order chi connectivity index (χ0) is 14.4. The summed E-state index contributed by atoms with van der Waals surface area (Å²) in [6.07, 6.45) is 0.204. The molecule has 0 aliphatic carbocycles. The summed E-state index contributed by atoms with van der Waals surface area (Å²) in [4.78, 5) is 24.7. The van der Waals surface area contributed by atoms with Crippen LogP contribution < -0.4 is 4.90 Å². The van der Waals surface area contributed by atoms with Crippen LogP contribution in [0, 0.1) is 5.92 Å². The Hall–Kier alpha value is -1.55. The molecule has 2 rings (SSSR count). The number of rotatable bonds is 2. The Labute approximate surface area is 118 Å². The number of anilines is 1. The van der Waals surface area contributed by atoms with Crippen LogP contribution in [0.1, 0.15) is 20.3 Å². The maximum Gasteiger partial charge on any atom is 0.311 e. The molecule has 0 N–H and O–H groups in total. The number of carbonyl (C=O) groups excluding carboxylic acids is 2. The third-order valence-corrected chi connectivity index (χ3v) is 3.05. The molecule has 104 valence electrons. The Morgan fingerprint density at radius 1 is 1.32 bits per heavy atom. The van der Waals surface area contributed by atoms with E-state index in [9.17, 15) is 9.59 Å². The molecule has 1 saturated heterocycles. The lowest BCUT2D eigenvalue weighted by molar-refractivity contribution is -0.145. The molecule has 1 unspecified atom stereocenters. The molecule has 1 aliphatic heterocycles. The average molecular weight is 284 g/mol. The molecule has 1 heterocycles. The largest absolute Gasteiger partial charge is 0.469 e. The van der Waals surface area contributed by atoms with Gasteiger partial charge in [0.2, 0.25) is 5.91 Å². The second kappa shape index (κ2) is 7.14. The monoisotopic (exact) mass is 283 g/mol. The Bertz CT molecular complexity index is 445. The van der Waals surface area contributed by atoms with E-state index in [1.54, 1.807) is 29.2 Å². The molecule has 0 saturated carbocycles. The summed E-state index contributed by atoms with van der Waals surface area (Å²) in [5, 5.41) is 0.616. The first-order valence-corrected chi connectivity index (χ1v) is 6.63. The SMILES string of the molecule is CC.COC(=O)C1CC(=O)N(c2ccc(Cl)cc2)C1. The quantitative estimate of drug-likeness (QED) is 0.784. The van der Waals surface area contributed by atoms with E-state index in [1.165, 1.54) is 7.11 Å². The van der Waals surface area contributed by atoms with Crippen molar-refractivity contribution >= 4 is 29.2 Å². The standard InChI is InChI=1S/C12H12ClNO3.C2H6/c1-17-12(16)8-6-11(15)14(7-8)10-4-2-9(13)3-5-10;1-2/h2-5,8H,6-7H2,1H3;1-2H3. The minimum atomic E-state index is -0.372. The van der Waals surface area contributed by atoms with Crippen LogP contribution in [-0.2, 0) is 14.3 Å². The number of ether oxygens (including phenoxy) is 1. The average Bonchev–Trinajstić information content (AvgIpc) is 2.83. The van der Waals surface area contributed by atoms with Gasteiger partial charge < -0.3 is 9.64 Å². The highest BCUT2D eigenvalue weighted by Crippen LogP contribution is 2.26.